The lowest BCUT2D eigenvalue weighted by Gasteiger charge is -2.18. The highest BCUT2D eigenvalue weighted by molar-refractivity contribution is 5.83. The standard InChI is InChI=1S/C10H21N3O2/c1-2-13(8-9(12)14)10(15)6-4-3-5-7-11/h2-8,11H2,1H3,(H2,12,14). The van der Waals surface area contributed by atoms with Gasteiger partial charge in [0.25, 0.3) is 0 Å². The number of amides is 2. The van der Waals surface area contributed by atoms with Crippen LogP contribution >= 0.6 is 0 Å². The van der Waals surface area contributed by atoms with Gasteiger partial charge in [-0.15, -0.1) is 0 Å². The fourth-order valence-electron chi connectivity index (χ4n) is 1.32. The predicted octanol–water partition coefficient (Wildman–Crippen LogP) is -0.161. The van der Waals surface area contributed by atoms with Crippen LogP contribution in [0.2, 0.25) is 0 Å². The Kier molecular flexibility index (Phi) is 7.62. The van der Waals surface area contributed by atoms with Crippen LogP contribution in [0.25, 0.3) is 0 Å². The molecule has 0 spiro atoms. The van der Waals surface area contributed by atoms with Gasteiger partial charge >= 0.3 is 0 Å². The van der Waals surface area contributed by atoms with Gasteiger partial charge in [0, 0.05) is 13.0 Å². The molecule has 0 atom stereocenters. The van der Waals surface area contributed by atoms with Crippen LogP contribution in [-0.2, 0) is 9.59 Å². The van der Waals surface area contributed by atoms with E-state index in [4.69, 9.17) is 11.5 Å². The van der Waals surface area contributed by atoms with Gasteiger partial charge in [-0.2, -0.15) is 0 Å². The number of nitrogens with two attached hydrogens (primary N) is 2. The number of primary amides is 1. The van der Waals surface area contributed by atoms with Crippen LogP contribution in [0.5, 0.6) is 0 Å². The van der Waals surface area contributed by atoms with Crippen LogP contribution in [0.3, 0.4) is 0 Å². The Morgan fingerprint density at radius 1 is 1.20 bits per heavy atom. The Morgan fingerprint density at radius 3 is 2.33 bits per heavy atom. The Bertz CT molecular complexity index is 207. The zero-order chi connectivity index (χ0) is 11.7. The zero-order valence-electron chi connectivity index (χ0n) is 9.37. The minimum absolute atomic E-state index is 0.00618. The largest absolute Gasteiger partial charge is 0.368 e. The average molecular weight is 215 g/mol. The van der Waals surface area contributed by atoms with Crippen molar-refractivity contribution in [3.05, 3.63) is 0 Å². The van der Waals surface area contributed by atoms with Crippen molar-refractivity contribution in [1.82, 2.24) is 4.90 Å². The number of carbonyl (C=O) groups is 2. The molecular weight excluding hydrogens is 194 g/mol. The second kappa shape index (κ2) is 8.23. The summed E-state index contributed by atoms with van der Waals surface area (Å²) in [6, 6.07) is 0. The number of nitrogens with zero attached hydrogens (tertiary/aromatic N) is 1. The SMILES string of the molecule is CCN(CC(N)=O)C(=O)CCCCCN. The van der Waals surface area contributed by atoms with Gasteiger partial charge in [0.2, 0.25) is 11.8 Å². The van der Waals surface area contributed by atoms with Gasteiger partial charge in [0.05, 0.1) is 6.54 Å². The molecule has 5 nitrogen and oxygen atoms in total. The summed E-state index contributed by atoms with van der Waals surface area (Å²) in [5.74, 6) is -0.472. The van der Waals surface area contributed by atoms with E-state index in [0.717, 1.165) is 19.3 Å². The van der Waals surface area contributed by atoms with E-state index < -0.39 is 5.91 Å². The second-order valence-electron chi connectivity index (χ2n) is 3.47. The highest BCUT2D eigenvalue weighted by Gasteiger charge is 2.12. The van der Waals surface area contributed by atoms with Gasteiger partial charge in [0.15, 0.2) is 0 Å². The molecule has 88 valence electrons. The first-order chi connectivity index (χ1) is 7.11. The maximum atomic E-state index is 11.6. The van der Waals surface area contributed by atoms with Crippen molar-refractivity contribution in [2.75, 3.05) is 19.6 Å². The summed E-state index contributed by atoms with van der Waals surface area (Å²) in [5.41, 5.74) is 10.4. The number of hydrogen-bond donors (Lipinski definition) is 2. The normalized spacial score (nSPS) is 10.0. The lowest BCUT2D eigenvalue weighted by atomic mass is 10.2. The first kappa shape index (κ1) is 13.9. The highest BCUT2D eigenvalue weighted by Crippen LogP contribution is 2.02. The van der Waals surface area contributed by atoms with E-state index >= 15 is 0 Å². The maximum Gasteiger partial charge on any atom is 0.237 e. The van der Waals surface area contributed by atoms with Crippen molar-refractivity contribution in [2.45, 2.75) is 32.6 Å². The second-order valence-corrected chi connectivity index (χ2v) is 3.47. The topological polar surface area (TPSA) is 89.4 Å². The fourth-order valence-corrected chi connectivity index (χ4v) is 1.32. The third-order valence-corrected chi connectivity index (χ3v) is 2.18. The van der Waals surface area contributed by atoms with E-state index in [0.29, 0.717) is 19.5 Å². The molecule has 4 N–H and O–H groups in total. The molecule has 0 unspecified atom stereocenters. The van der Waals surface area contributed by atoms with Crippen LogP contribution in [0.15, 0.2) is 0 Å². The molecule has 0 saturated heterocycles. The Morgan fingerprint density at radius 2 is 1.87 bits per heavy atom. The Balaban J connectivity index is 3.78. The van der Waals surface area contributed by atoms with Crippen LogP contribution in [-0.4, -0.2) is 36.3 Å². The van der Waals surface area contributed by atoms with Crippen molar-refractivity contribution in [3.63, 3.8) is 0 Å². The van der Waals surface area contributed by atoms with Crippen molar-refractivity contribution in [1.29, 1.82) is 0 Å². The molecule has 0 rings (SSSR count). The average Bonchev–Trinajstić information content (AvgIpc) is 2.20. The zero-order valence-corrected chi connectivity index (χ0v) is 9.37. The molecule has 0 aromatic heterocycles. The van der Waals surface area contributed by atoms with Gasteiger partial charge in [-0.3, -0.25) is 9.59 Å². The molecule has 0 aromatic carbocycles. The Labute approximate surface area is 90.8 Å². The van der Waals surface area contributed by atoms with E-state index in [1.807, 2.05) is 6.92 Å². The summed E-state index contributed by atoms with van der Waals surface area (Å²) >= 11 is 0. The van der Waals surface area contributed by atoms with Crippen LogP contribution in [0.1, 0.15) is 32.6 Å². The maximum absolute atomic E-state index is 11.6. The summed E-state index contributed by atoms with van der Waals surface area (Å²) in [5, 5.41) is 0. The monoisotopic (exact) mass is 215 g/mol. The molecular formula is C10H21N3O2. The van der Waals surface area contributed by atoms with E-state index in [-0.39, 0.29) is 12.5 Å². The molecule has 0 aliphatic heterocycles. The van der Waals surface area contributed by atoms with Gasteiger partial charge in [-0.05, 0) is 26.3 Å². The summed E-state index contributed by atoms with van der Waals surface area (Å²) in [6.07, 6.45) is 3.19. The van der Waals surface area contributed by atoms with E-state index in [1.54, 1.807) is 0 Å². The molecule has 2 amide bonds. The molecule has 0 aliphatic rings. The molecule has 0 heterocycles. The quantitative estimate of drug-likeness (QED) is 0.551. The van der Waals surface area contributed by atoms with Crippen molar-refractivity contribution < 1.29 is 9.59 Å². The van der Waals surface area contributed by atoms with Crippen molar-refractivity contribution in [3.8, 4) is 0 Å². The third kappa shape index (κ3) is 6.90. The van der Waals surface area contributed by atoms with E-state index in [9.17, 15) is 9.59 Å². The summed E-state index contributed by atoms with van der Waals surface area (Å²) in [7, 11) is 0. The number of hydrogen-bond acceptors (Lipinski definition) is 3. The smallest absolute Gasteiger partial charge is 0.237 e. The number of rotatable bonds is 8. The Hall–Kier alpha value is -1.10. The first-order valence-corrected chi connectivity index (χ1v) is 5.38. The number of unbranched alkanes of at least 4 members (excludes halogenated alkanes) is 2. The van der Waals surface area contributed by atoms with Gasteiger partial charge in [-0.1, -0.05) is 6.42 Å². The molecule has 5 heteroatoms. The molecule has 0 aliphatic carbocycles. The first-order valence-electron chi connectivity index (χ1n) is 5.38. The molecule has 0 saturated carbocycles. The van der Waals surface area contributed by atoms with Crippen LogP contribution < -0.4 is 11.5 Å². The predicted molar refractivity (Wildman–Crippen MR) is 59.0 cm³/mol. The van der Waals surface area contributed by atoms with Crippen molar-refractivity contribution >= 4 is 11.8 Å². The minimum atomic E-state index is -0.466. The summed E-state index contributed by atoms with van der Waals surface area (Å²) < 4.78 is 0. The summed E-state index contributed by atoms with van der Waals surface area (Å²) in [4.78, 5) is 23.7. The van der Waals surface area contributed by atoms with E-state index in [1.165, 1.54) is 4.90 Å². The van der Waals surface area contributed by atoms with Crippen LogP contribution in [0, 0.1) is 0 Å². The van der Waals surface area contributed by atoms with Gasteiger partial charge < -0.3 is 16.4 Å². The highest BCUT2D eigenvalue weighted by atomic mass is 16.2. The number of likely N-dealkylation sites (N-methyl/N-ethyl adjacent to an activating group) is 1. The molecule has 15 heavy (non-hydrogen) atoms. The molecule has 0 bridgehead atoms. The third-order valence-electron chi connectivity index (χ3n) is 2.18. The molecule has 0 aromatic rings. The van der Waals surface area contributed by atoms with Gasteiger partial charge in [-0.25, -0.2) is 0 Å². The number of carbonyl (C=O) groups excluding carboxylic acids is 2. The molecule has 0 radical (unpaired) electrons. The van der Waals surface area contributed by atoms with Gasteiger partial charge in [0.1, 0.15) is 0 Å². The minimum Gasteiger partial charge on any atom is -0.368 e. The lowest BCUT2D eigenvalue weighted by molar-refractivity contribution is -0.135. The van der Waals surface area contributed by atoms with Crippen LogP contribution in [0.4, 0.5) is 0 Å². The summed E-state index contributed by atoms with van der Waals surface area (Å²) in [6.45, 7) is 3.04. The fraction of sp³-hybridized carbons (Fsp3) is 0.800. The van der Waals surface area contributed by atoms with E-state index in [2.05, 4.69) is 0 Å². The van der Waals surface area contributed by atoms with Crippen molar-refractivity contribution in [2.24, 2.45) is 11.5 Å². The lowest BCUT2D eigenvalue weighted by Crippen LogP contribution is -2.38. The molecule has 0 fully saturated rings.